The van der Waals surface area contributed by atoms with Crippen LogP contribution in [0, 0.1) is 5.92 Å². The molecule has 0 spiro atoms. The Labute approximate surface area is 139 Å². The molecule has 0 atom stereocenters. The number of H-pyrrole nitrogens is 1. The van der Waals surface area contributed by atoms with E-state index in [9.17, 15) is 4.79 Å². The highest BCUT2D eigenvalue weighted by atomic mass is 16.2. The quantitative estimate of drug-likeness (QED) is 0.865. The van der Waals surface area contributed by atoms with E-state index in [1.54, 1.807) is 0 Å². The van der Waals surface area contributed by atoms with Crippen LogP contribution in [-0.2, 0) is 11.2 Å². The van der Waals surface area contributed by atoms with Gasteiger partial charge in [-0.05, 0) is 56.1 Å². The second-order valence-electron chi connectivity index (χ2n) is 7.13. The van der Waals surface area contributed by atoms with Gasteiger partial charge in [0, 0.05) is 36.6 Å². The third-order valence-corrected chi connectivity index (χ3v) is 5.44. The molecule has 0 bridgehead atoms. The van der Waals surface area contributed by atoms with E-state index in [1.807, 2.05) is 18.0 Å². The molecule has 0 radical (unpaired) electrons. The Morgan fingerprint density at radius 2 is 1.96 bits per heavy atom. The molecule has 0 saturated heterocycles. The number of aromatic amines is 1. The molecule has 1 aliphatic rings. The second kappa shape index (κ2) is 7.20. The van der Waals surface area contributed by atoms with Crippen LogP contribution in [0.3, 0.4) is 0 Å². The van der Waals surface area contributed by atoms with Crippen molar-refractivity contribution in [2.75, 3.05) is 7.05 Å². The fourth-order valence-electron chi connectivity index (χ4n) is 3.78. The minimum absolute atomic E-state index is 0.310. The van der Waals surface area contributed by atoms with Crippen molar-refractivity contribution in [3.05, 3.63) is 36.0 Å². The molecule has 0 unspecified atom stereocenters. The van der Waals surface area contributed by atoms with Crippen LogP contribution in [-0.4, -0.2) is 28.9 Å². The van der Waals surface area contributed by atoms with Gasteiger partial charge in [0.2, 0.25) is 5.91 Å². The van der Waals surface area contributed by atoms with Crippen LogP contribution in [0.2, 0.25) is 0 Å². The highest BCUT2D eigenvalue weighted by Crippen LogP contribution is 2.27. The molecule has 1 amide bonds. The van der Waals surface area contributed by atoms with E-state index in [2.05, 4.69) is 36.3 Å². The standard InChI is InChI=1S/C20H28N2O/c1-15-10-12-17(13-11-15)22(2)20(23)9-5-6-16-14-21-19-8-4-3-7-18(16)19/h3-4,7-8,14-15,17,21H,5-6,9-13H2,1-2H3. The minimum Gasteiger partial charge on any atom is -0.361 e. The van der Waals surface area contributed by atoms with Crippen molar-refractivity contribution in [3.8, 4) is 0 Å². The van der Waals surface area contributed by atoms with E-state index < -0.39 is 0 Å². The summed E-state index contributed by atoms with van der Waals surface area (Å²) in [5.41, 5.74) is 2.50. The van der Waals surface area contributed by atoms with Gasteiger partial charge in [0.05, 0.1) is 0 Å². The summed E-state index contributed by atoms with van der Waals surface area (Å²) in [4.78, 5) is 17.8. The molecule has 1 N–H and O–H groups in total. The number of hydrogen-bond donors (Lipinski definition) is 1. The van der Waals surface area contributed by atoms with Crippen LogP contribution in [0.1, 0.15) is 51.0 Å². The van der Waals surface area contributed by atoms with Crippen LogP contribution >= 0.6 is 0 Å². The summed E-state index contributed by atoms with van der Waals surface area (Å²) in [7, 11) is 1.99. The number of benzene rings is 1. The first-order valence-corrected chi connectivity index (χ1v) is 8.96. The lowest BCUT2D eigenvalue weighted by Crippen LogP contribution is -2.39. The molecule has 3 rings (SSSR count). The minimum atomic E-state index is 0.310. The fourth-order valence-corrected chi connectivity index (χ4v) is 3.78. The number of hydrogen-bond acceptors (Lipinski definition) is 1. The maximum Gasteiger partial charge on any atom is 0.222 e. The predicted octanol–water partition coefficient (Wildman–Crippen LogP) is 4.53. The van der Waals surface area contributed by atoms with E-state index in [0.717, 1.165) is 18.8 Å². The summed E-state index contributed by atoms with van der Waals surface area (Å²) >= 11 is 0. The summed E-state index contributed by atoms with van der Waals surface area (Å²) in [6.07, 6.45) is 9.50. The van der Waals surface area contributed by atoms with Crippen molar-refractivity contribution in [2.45, 2.75) is 57.9 Å². The zero-order chi connectivity index (χ0) is 16.2. The van der Waals surface area contributed by atoms with Crippen molar-refractivity contribution in [3.63, 3.8) is 0 Å². The molecule has 0 aliphatic heterocycles. The molecule has 1 saturated carbocycles. The first-order chi connectivity index (χ1) is 11.1. The normalized spacial score (nSPS) is 21.5. The number of fused-ring (bicyclic) bond motifs is 1. The maximum absolute atomic E-state index is 12.4. The van der Waals surface area contributed by atoms with Gasteiger partial charge >= 0.3 is 0 Å². The number of carbonyl (C=O) groups is 1. The van der Waals surface area contributed by atoms with Crippen molar-refractivity contribution in [2.24, 2.45) is 5.92 Å². The molecule has 3 heteroatoms. The van der Waals surface area contributed by atoms with Crippen LogP contribution in [0.25, 0.3) is 10.9 Å². The lowest BCUT2D eigenvalue weighted by molar-refractivity contribution is -0.132. The third kappa shape index (κ3) is 3.77. The molecule has 1 aromatic heterocycles. The van der Waals surface area contributed by atoms with Gasteiger partial charge < -0.3 is 9.88 Å². The average molecular weight is 312 g/mol. The first-order valence-electron chi connectivity index (χ1n) is 8.96. The zero-order valence-corrected chi connectivity index (χ0v) is 14.3. The number of nitrogens with one attached hydrogen (secondary N) is 1. The van der Waals surface area contributed by atoms with Gasteiger partial charge in [-0.15, -0.1) is 0 Å². The molecule has 1 aliphatic carbocycles. The van der Waals surface area contributed by atoms with Crippen LogP contribution in [0.15, 0.2) is 30.5 Å². The number of aryl methyl sites for hydroxylation is 1. The SMILES string of the molecule is CC1CCC(N(C)C(=O)CCCc2c[nH]c3ccccc23)CC1. The Morgan fingerprint density at radius 1 is 1.22 bits per heavy atom. The Kier molecular flexibility index (Phi) is 5.04. The number of rotatable bonds is 5. The summed E-state index contributed by atoms with van der Waals surface area (Å²) in [5, 5.41) is 1.29. The van der Waals surface area contributed by atoms with E-state index in [0.29, 0.717) is 18.4 Å². The fraction of sp³-hybridized carbons (Fsp3) is 0.550. The monoisotopic (exact) mass is 312 g/mol. The largest absolute Gasteiger partial charge is 0.361 e. The Balaban J connectivity index is 1.49. The molecule has 2 aromatic rings. The van der Waals surface area contributed by atoms with Gasteiger partial charge in [0.15, 0.2) is 0 Å². The topological polar surface area (TPSA) is 36.1 Å². The Morgan fingerprint density at radius 3 is 2.74 bits per heavy atom. The van der Waals surface area contributed by atoms with Crippen LogP contribution in [0.5, 0.6) is 0 Å². The smallest absolute Gasteiger partial charge is 0.222 e. The Bertz CT molecular complexity index is 652. The van der Waals surface area contributed by atoms with Gasteiger partial charge in [-0.25, -0.2) is 0 Å². The van der Waals surface area contributed by atoms with Crippen molar-refractivity contribution >= 4 is 16.8 Å². The van der Waals surface area contributed by atoms with Gasteiger partial charge in [0.25, 0.3) is 0 Å². The summed E-state index contributed by atoms with van der Waals surface area (Å²) in [5.74, 6) is 1.14. The molecular formula is C20H28N2O. The molecule has 1 heterocycles. The van der Waals surface area contributed by atoms with Crippen LogP contribution < -0.4 is 0 Å². The van der Waals surface area contributed by atoms with Crippen molar-refractivity contribution in [1.82, 2.24) is 9.88 Å². The number of aromatic nitrogens is 1. The highest BCUT2D eigenvalue weighted by Gasteiger charge is 2.24. The van der Waals surface area contributed by atoms with Crippen molar-refractivity contribution in [1.29, 1.82) is 0 Å². The summed E-state index contributed by atoms with van der Waals surface area (Å²) < 4.78 is 0. The Hall–Kier alpha value is -1.77. The highest BCUT2D eigenvalue weighted by molar-refractivity contribution is 5.83. The van der Waals surface area contributed by atoms with Gasteiger partial charge in [-0.2, -0.15) is 0 Å². The van der Waals surface area contributed by atoms with Crippen LogP contribution in [0.4, 0.5) is 0 Å². The lowest BCUT2D eigenvalue weighted by Gasteiger charge is -2.33. The molecule has 1 aromatic carbocycles. The van der Waals surface area contributed by atoms with Gasteiger partial charge in [-0.3, -0.25) is 4.79 Å². The van der Waals surface area contributed by atoms with Crippen molar-refractivity contribution < 1.29 is 4.79 Å². The number of para-hydroxylation sites is 1. The number of amides is 1. The van der Waals surface area contributed by atoms with Gasteiger partial charge in [-0.1, -0.05) is 25.1 Å². The molecular weight excluding hydrogens is 284 g/mol. The molecule has 1 fully saturated rings. The molecule has 124 valence electrons. The van der Waals surface area contributed by atoms with E-state index in [1.165, 1.54) is 42.1 Å². The second-order valence-corrected chi connectivity index (χ2v) is 7.13. The van der Waals surface area contributed by atoms with E-state index in [4.69, 9.17) is 0 Å². The lowest BCUT2D eigenvalue weighted by atomic mass is 9.86. The van der Waals surface area contributed by atoms with E-state index >= 15 is 0 Å². The number of nitrogens with zero attached hydrogens (tertiary/aromatic N) is 1. The zero-order valence-electron chi connectivity index (χ0n) is 14.3. The average Bonchev–Trinajstić information content (AvgIpc) is 2.98. The summed E-state index contributed by atoms with van der Waals surface area (Å²) in [6, 6.07) is 8.83. The van der Waals surface area contributed by atoms with Gasteiger partial charge in [0.1, 0.15) is 0 Å². The summed E-state index contributed by atoms with van der Waals surface area (Å²) in [6.45, 7) is 2.32. The number of carbonyl (C=O) groups excluding carboxylic acids is 1. The molecule has 3 nitrogen and oxygen atoms in total. The predicted molar refractivity (Wildman–Crippen MR) is 95.4 cm³/mol. The maximum atomic E-state index is 12.4. The first kappa shape index (κ1) is 16.1. The third-order valence-electron chi connectivity index (χ3n) is 5.44. The molecule has 23 heavy (non-hydrogen) atoms. The van der Waals surface area contributed by atoms with E-state index in [-0.39, 0.29) is 0 Å².